The number of furan rings is 1. The Morgan fingerprint density at radius 3 is 1.93 bits per heavy atom. The fraction of sp³-hybridized carbons (Fsp3) is 0. The highest BCUT2D eigenvalue weighted by atomic mass is 32.1. The van der Waals surface area contributed by atoms with Gasteiger partial charge in [0, 0.05) is 37.5 Å². The van der Waals surface area contributed by atoms with E-state index in [-0.39, 0.29) is 0 Å². The molecule has 260 valence electrons. The molecule has 12 aromatic rings. The lowest BCUT2D eigenvalue weighted by Gasteiger charge is -2.13. The van der Waals surface area contributed by atoms with E-state index in [2.05, 4.69) is 176 Å². The molecule has 0 aliphatic heterocycles. The molecule has 12 rings (SSSR count). The number of thiophene rings is 1. The zero-order valence-corrected chi connectivity index (χ0v) is 30.8. The van der Waals surface area contributed by atoms with E-state index in [1.54, 1.807) is 11.3 Å². The van der Waals surface area contributed by atoms with Crippen LogP contribution in [0.1, 0.15) is 0 Å². The first-order valence-corrected chi connectivity index (χ1v) is 19.7. The van der Waals surface area contributed by atoms with Gasteiger partial charge < -0.3 is 4.42 Å². The van der Waals surface area contributed by atoms with Crippen molar-refractivity contribution < 1.29 is 4.42 Å². The molecule has 0 aliphatic rings. The van der Waals surface area contributed by atoms with E-state index in [1.807, 2.05) is 6.07 Å². The van der Waals surface area contributed by atoms with Gasteiger partial charge >= 0.3 is 0 Å². The van der Waals surface area contributed by atoms with Gasteiger partial charge in [0.1, 0.15) is 11.2 Å². The molecule has 0 saturated heterocycles. The maximum Gasteiger partial charge on any atom is 0.161 e. The summed E-state index contributed by atoms with van der Waals surface area (Å²) in [6.45, 7) is 0. The van der Waals surface area contributed by atoms with Gasteiger partial charge in [-0.1, -0.05) is 140 Å². The van der Waals surface area contributed by atoms with Crippen LogP contribution in [0.3, 0.4) is 0 Å². The molecule has 0 amide bonds. The van der Waals surface area contributed by atoms with Crippen molar-refractivity contribution in [1.29, 1.82) is 0 Å². The standard InChI is InChI=1S/C52H30N2OS/c1-2-12-31(13-3-1)32-22-23-34-29-36(25-24-33(34)28-32)38-26-27-43(47-41-18-8-10-20-45(41)55-50(38)47)52-53-48-42-19-9-11-21-46(42)56-51(48)49(54-52)44-30-35-14-4-5-15-37(35)39-16-6-7-17-40(39)44/h1-30H. The first kappa shape index (κ1) is 31.2. The van der Waals surface area contributed by atoms with Crippen molar-refractivity contribution in [3.63, 3.8) is 0 Å². The van der Waals surface area contributed by atoms with Crippen LogP contribution in [0.15, 0.2) is 186 Å². The Morgan fingerprint density at radius 2 is 1.07 bits per heavy atom. The minimum atomic E-state index is 0.684. The number of aromatic nitrogens is 2. The summed E-state index contributed by atoms with van der Waals surface area (Å²) in [5.74, 6) is 0.684. The van der Waals surface area contributed by atoms with Crippen LogP contribution in [0.2, 0.25) is 0 Å². The topological polar surface area (TPSA) is 38.9 Å². The predicted molar refractivity (Wildman–Crippen MR) is 236 cm³/mol. The Morgan fingerprint density at radius 1 is 0.411 bits per heavy atom. The van der Waals surface area contributed by atoms with E-state index < -0.39 is 0 Å². The summed E-state index contributed by atoms with van der Waals surface area (Å²) in [5, 5.41) is 10.4. The number of hydrogen-bond donors (Lipinski definition) is 0. The van der Waals surface area contributed by atoms with Crippen molar-refractivity contribution in [1.82, 2.24) is 9.97 Å². The van der Waals surface area contributed by atoms with Crippen molar-refractivity contribution in [3.05, 3.63) is 182 Å². The van der Waals surface area contributed by atoms with Crippen LogP contribution >= 0.6 is 11.3 Å². The number of benzene rings is 9. The van der Waals surface area contributed by atoms with Crippen molar-refractivity contribution >= 4 is 85.9 Å². The molecule has 56 heavy (non-hydrogen) atoms. The molecular formula is C52H30N2OS. The first-order chi connectivity index (χ1) is 27.7. The quantitative estimate of drug-likeness (QED) is 0.169. The van der Waals surface area contributed by atoms with Crippen LogP contribution in [-0.2, 0) is 0 Å². The van der Waals surface area contributed by atoms with E-state index in [9.17, 15) is 0 Å². The Hall–Kier alpha value is -7.14. The Labute approximate surface area is 325 Å². The van der Waals surface area contributed by atoms with Gasteiger partial charge in [-0.2, -0.15) is 0 Å². The zero-order valence-electron chi connectivity index (χ0n) is 30.0. The third kappa shape index (κ3) is 4.76. The molecule has 3 nitrogen and oxygen atoms in total. The Kier molecular flexibility index (Phi) is 6.80. The second-order valence-corrected chi connectivity index (χ2v) is 15.5. The predicted octanol–water partition coefficient (Wildman–Crippen LogP) is 14.9. The van der Waals surface area contributed by atoms with Crippen LogP contribution in [0, 0.1) is 0 Å². The van der Waals surface area contributed by atoms with Gasteiger partial charge in [-0.15, -0.1) is 11.3 Å². The van der Waals surface area contributed by atoms with E-state index in [4.69, 9.17) is 14.4 Å². The van der Waals surface area contributed by atoms with Gasteiger partial charge in [0.25, 0.3) is 0 Å². The molecule has 0 unspecified atom stereocenters. The SMILES string of the molecule is c1ccc(-c2ccc3cc(-c4ccc(-c5nc(-c6cc7ccccc7c7ccccc67)c6sc7ccccc7c6n5)c5c4oc4ccccc45)ccc3c2)cc1. The second kappa shape index (κ2) is 12.2. The molecule has 0 saturated carbocycles. The van der Waals surface area contributed by atoms with Crippen molar-refractivity contribution in [2.75, 3.05) is 0 Å². The molecule has 4 heteroatoms. The highest BCUT2D eigenvalue weighted by Gasteiger charge is 2.23. The minimum absolute atomic E-state index is 0.684. The Balaban J connectivity index is 1.11. The molecule has 9 aromatic carbocycles. The van der Waals surface area contributed by atoms with E-state index >= 15 is 0 Å². The number of fused-ring (bicyclic) bond motifs is 10. The van der Waals surface area contributed by atoms with Crippen LogP contribution in [-0.4, -0.2) is 9.97 Å². The lowest BCUT2D eigenvalue weighted by Crippen LogP contribution is -1.95. The van der Waals surface area contributed by atoms with E-state index in [1.165, 1.54) is 48.1 Å². The largest absolute Gasteiger partial charge is 0.455 e. The van der Waals surface area contributed by atoms with Crippen molar-refractivity contribution in [2.24, 2.45) is 0 Å². The summed E-state index contributed by atoms with van der Waals surface area (Å²) in [4.78, 5) is 11.0. The smallest absolute Gasteiger partial charge is 0.161 e. The van der Waals surface area contributed by atoms with Gasteiger partial charge in [-0.25, -0.2) is 9.97 Å². The summed E-state index contributed by atoms with van der Waals surface area (Å²) in [7, 11) is 0. The molecule has 3 aromatic heterocycles. The zero-order chi connectivity index (χ0) is 36.7. The highest BCUT2D eigenvalue weighted by Crippen LogP contribution is 2.46. The first-order valence-electron chi connectivity index (χ1n) is 18.9. The second-order valence-electron chi connectivity index (χ2n) is 14.5. The molecule has 3 heterocycles. The summed E-state index contributed by atoms with van der Waals surface area (Å²) >= 11 is 1.77. The molecular weight excluding hydrogens is 701 g/mol. The highest BCUT2D eigenvalue weighted by molar-refractivity contribution is 7.26. The fourth-order valence-corrected chi connectivity index (χ4v) is 9.76. The minimum Gasteiger partial charge on any atom is -0.455 e. The third-order valence-electron chi connectivity index (χ3n) is 11.3. The average molecular weight is 731 g/mol. The third-order valence-corrected chi connectivity index (χ3v) is 12.4. The summed E-state index contributed by atoms with van der Waals surface area (Å²) < 4.78 is 9.08. The van der Waals surface area contributed by atoms with Crippen molar-refractivity contribution in [2.45, 2.75) is 0 Å². The van der Waals surface area contributed by atoms with Crippen LogP contribution in [0.5, 0.6) is 0 Å². The van der Waals surface area contributed by atoms with E-state index in [0.29, 0.717) is 5.82 Å². The van der Waals surface area contributed by atoms with Gasteiger partial charge in [-0.3, -0.25) is 0 Å². The molecule has 0 spiro atoms. The maximum atomic E-state index is 6.80. The average Bonchev–Trinajstić information content (AvgIpc) is 3.85. The molecule has 0 N–H and O–H groups in total. The van der Waals surface area contributed by atoms with Gasteiger partial charge in [-0.05, 0) is 91.5 Å². The Bertz CT molecular complexity index is 3540. The number of hydrogen-bond acceptors (Lipinski definition) is 4. The summed E-state index contributed by atoms with van der Waals surface area (Å²) in [6, 6.07) is 64.9. The lowest BCUT2D eigenvalue weighted by molar-refractivity contribution is 0.670. The maximum absolute atomic E-state index is 6.80. The summed E-state index contributed by atoms with van der Waals surface area (Å²) in [5.41, 5.74) is 10.2. The van der Waals surface area contributed by atoms with Gasteiger partial charge in [0.05, 0.1) is 15.9 Å². The van der Waals surface area contributed by atoms with Crippen LogP contribution < -0.4 is 0 Å². The van der Waals surface area contributed by atoms with Crippen LogP contribution in [0.25, 0.3) is 119 Å². The number of rotatable bonds is 4. The molecule has 0 aliphatic carbocycles. The number of para-hydroxylation sites is 1. The number of nitrogens with zero attached hydrogens (tertiary/aromatic N) is 2. The molecule has 0 atom stereocenters. The van der Waals surface area contributed by atoms with E-state index in [0.717, 1.165) is 65.5 Å². The lowest BCUT2D eigenvalue weighted by atomic mass is 9.94. The van der Waals surface area contributed by atoms with Crippen molar-refractivity contribution in [3.8, 4) is 44.9 Å². The van der Waals surface area contributed by atoms with Gasteiger partial charge in [0.2, 0.25) is 0 Å². The normalized spacial score (nSPS) is 11.9. The molecule has 0 bridgehead atoms. The molecule has 0 fully saturated rings. The van der Waals surface area contributed by atoms with Gasteiger partial charge in [0.15, 0.2) is 5.82 Å². The monoisotopic (exact) mass is 730 g/mol. The summed E-state index contributed by atoms with van der Waals surface area (Å²) in [6.07, 6.45) is 0. The van der Waals surface area contributed by atoms with Crippen LogP contribution in [0.4, 0.5) is 0 Å². The molecule has 0 radical (unpaired) electrons. The fourth-order valence-electron chi connectivity index (χ4n) is 8.61.